The Balaban J connectivity index is 2.36. The molecule has 1 aliphatic heterocycles. The highest BCUT2D eigenvalue weighted by Crippen LogP contribution is 2.23. The summed E-state index contributed by atoms with van der Waals surface area (Å²) in [5, 5.41) is 3.19. The molecule has 13 heavy (non-hydrogen) atoms. The molecule has 1 aromatic rings. The minimum atomic E-state index is 0.774. The summed E-state index contributed by atoms with van der Waals surface area (Å²) >= 11 is 0. The lowest BCUT2D eigenvalue weighted by molar-refractivity contribution is 0.109. The standard InChI is InChI=1S/C10H16N2O/c1-7-8(5-11-2)9-6-13-4-3-10(9)12-7/h11-12H,3-6H2,1-2H3. The molecule has 0 radical (unpaired) electrons. The van der Waals surface area contributed by atoms with Gasteiger partial charge in [0.25, 0.3) is 0 Å². The van der Waals surface area contributed by atoms with E-state index in [1.165, 1.54) is 22.5 Å². The first-order valence-electron chi connectivity index (χ1n) is 4.74. The lowest BCUT2D eigenvalue weighted by Gasteiger charge is -2.13. The molecule has 0 aliphatic carbocycles. The molecule has 0 atom stereocenters. The summed E-state index contributed by atoms with van der Waals surface area (Å²) in [5.74, 6) is 0. The van der Waals surface area contributed by atoms with Gasteiger partial charge in [-0.05, 0) is 19.5 Å². The molecule has 2 N–H and O–H groups in total. The number of rotatable bonds is 2. The van der Waals surface area contributed by atoms with Gasteiger partial charge in [0.05, 0.1) is 13.2 Å². The number of aryl methyl sites for hydroxylation is 1. The average Bonchev–Trinajstić information content (AvgIpc) is 2.44. The molecule has 0 spiro atoms. The van der Waals surface area contributed by atoms with Crippen molar-refractivity contribution >= 4 is 0 Å². The van der Waals surface area contributed by atoms with Gasteiger partial charge >= 0.3 is 0 Å². The Hall–Kier alpha value is -0.800. The molecular formula is C10H16N2O. The first-order chi connectivity index (χ1) is 6.33. The van der Waals surface area contributed by atoms with Crippen LogP contribution in [0.5, 0.6) is 0 Å². The van der Waals surface area contributed by atoms with E-state index in [2.05, 4.69) is 17.2 Å². The minimum absolute atomic E-state index is 0.774. The van der Waals surface area contributed by atoms with E-state index in [9.17, 15) is 0 Å². The molecule has 1 aliphatic rings. The van der Waals surface area contributed by atoms with Crippen LogP contribution < -0.4 is 5.32 Å². The van der Waals surface area contributed by atoms with Gasteiger partial charge in [-0.1, -0.05) is 0 Å². The van der Waals surface area contributed by atoms with Gasteiger partial charge in [-0.25, -0.2) is 0 Å². The van der Waals surface area contributed by atoms with Crippen molar-refractivity contribution in [2.45, 2.75) is 26.5 Å². The van der Waals surface area contributed by atoms with E-state index < -0.39 is 0 Å². The molecule has 0 fully saturated rings. The normalized spacial score (nSPS) is 15.8. The fourth-order valence-electron chi connectivity index (χ4n) is 1.94. The van der Waals surface area contributed by atoms with Crippen molar-refractivity contribution in [3.05, 3.63) is 22.5 Å². The van der Waals surface area contributed by atoms with Crippen molar-refractivity contribution in [1.82, 2.24) is 10.3 Å². The van der Waals surface area contributed by atoms with Crippen LogP contribution in [0.1, 0.15) is 22.5 Å². The third kappa shape index (κ3) is 1.49. The molecule has 2 heterocycles. The molecule has 72 valence electrons. The second kappa shape index (κ2) is 3.52. The van der Waals surface area contributed by atoms with Crippen LogP contribution in [0.15, 0.2) is 0 Å². The van der Waals surface area contributed by atoms with Gasteiger partial charge in [-0.2, -0.15) is 0 Å². The summed E-state index contributed by atoms with van der Waals surface area (Å²) in [4.78, 5) is 3.43. The summed E-state index contributed by atoms with van der Waals surface area (Å²) in [7, 11) is 1.97. The van der Waals surface area contributed by atoms with Gasteiger partial charge in [0.1, 0.15) is 0 Å². The quantitative estimate of drug-likeness (QED) is 0.715. The second-order valence-corrected chi connectivity index (χ2v) is 3.52. The van der Waals surface area contributed by atoms with Crippen LogP contribution in [-0.4, -0.2) is 18.6 Å². The maximum atomic E-state index is 5.45. The van der Waals surface area contributed by atoms with Gasteiger partial charge in [0, 0.05) is 29.9 Å². The maximum absolute atomic E-state index is 5.45. The van der Waals surface area contributed by atoms with Crippen LogP contribution in [0.4, 0.5) is 0 Å². The average molecular weight is 180 g/mol. The zero-order chi connectivity index (χ0) is 9.26. The monoisotopic (exact) mass is 180 g/mol. The topological polar surface area (TPSA) is 37.0 Å². The number of ether oxygens (including phenoxy) is 1. The fraction of sp³-hybridized carbons (Fsp3) is 0.600. The van der Waals surface area contributed by atoms with Crippen LogP contribution >= 0.6 is 0 Å². The van der Waals surface area contributed by atoms with Crippen molar-refractivity contribution in [3.63, 3.8) is 0 Å². The van der Waals surface area contributed by atoms with Crippen molar-refractivity contribution < 1.29 is 4.74 Å². The molecule has 3 nitrogen and oxygen atoms in total. The maximum Gasteiger partial charge on any atom is 0.0737 e. The first-order valence-corrected chi connectivity index (χ1v) is 4.74. The Morgan fingerprint density at radius 3 is 3.15 bits per heavy atom. The van der Waals surface area contributed by atoms with Crippen molar-refractivity contribution in [2.24, 2.45) is 0 Å². The summed E-state index contributed by atoms with van der Waals surface area (Å²) in [6.07, 6.45) is 1.03. The van der Waals surface area contributed by atoms with E-state index in [0.29, 0.717) is 0 Å². The van der Waals surface area contributed by atoms with Crippen molar-refractivity contribution in [2.75, 3.05) is 13.7 Å². The Bertz CT molecular complexity index is 304. The molecule has 0 saturated heterocycles. The molecule has 0 aromatic carbocycles. The zero-order valence-corrected chi connectivity index (χ0v) is 8.24. The largest absolute Gasteiger partial charge is 0.376 e. The summed E-state index contributed by atoms with van der Waals surface area (Å²) in [5.41, 5.74) is 5.41. The predicted octanol–water partition coefficient (Wildman–Crippen LogP) is 1.12. The Morgan fingerprint density at radius 1 is 1.54 bits per heavy atom. The SMILES string of the molecule is CNCc1c(C)[nH]c2c1COCC2. The molecule has 0 amide bonds. The fourth-order valence-corrected chi connectivity index (χ4v) is 1.94. The second-order valence-electron chi connectivity index (χ2n) is 3.52. The van der Waals surface area contributed by atoms with Gasteiger partial charge in [0.15, 0.2) is 0 Å². The summed E-state index contributed by atoms with van der Waals surface area (Å²) in [6.45, 7) is 4.69. The van der Waals surface area contributed by atoms with Crippen molar-refractivity contribution in [3.8, 4) is 0 Å². The highest BCUT2D eigenvalue weighted by Gasteiger charge is 2.17. The van der Waals surface area contributed by atoms with Crippen LogP contribution in [0, 0.1) is 6.92 Å². The third-order valence-electron chi connectivity index (χ3n) is 2.62. The molecule has 3 heteroatoms. The molecule has 0 unspecified atom stereocenters. The third-order valence-corrected chi connectivity index (χ3v) is 2.62. The molecule has 2 rings (SSSR count). The van der Waals surface area contributed by atoms with Gasteiger partial charge < -0.3 is 15.0 Å². The number of fused-ring (bicyclic) bond motifs is 1. The predicted molar refractivity (Wildman–Crippen MR) is 51.7 cm³/mol. The Kier molecular flexibility index (Phi) is 2.38. The molecule has 0 bridgehead atoms. The van der Waals surface area contributed by atoms with Crippen LogP contribution in [0.25, 0.3) is 0 Å². The van der Waals surface area contributed by atoms with E-state index in [0.717, 1.165) is 26.2 Å². The zero-order valence-electron chi connectivity index (χ0n) is 8.24. The lowest BCUT2D eigenvalue weighted by Crippen LogP contribution is -2.12. The van der Waals surface area contributed by atoms with Gasteiger partial charge in [-0.3, -0.25) is 0 Å². The number of hydrogen-bond donors (Lipinski definition) is 2. The van der Waals surface area contributed by atoms with Crippen LogP contribution in [-0.2, 0) is 24.3 Å². The minimum Gasteiger partial charge on any atom is -0.376 e. The smallest absolute Gasteiger partial charge is 0.0737 e. The highest BCUT2D eigenvalue weighted by molar-refractivity contribution is 5.37. The number of H-pyrrole nitrogens is 1. The van der Waals surface area contributed by atoms with E-state index in [1.807, 2.05) is 7.05 Å². The number of aromatic amines is 1. The number of nitrogens with one attached hydrogen (secondary N) is 2. The molecule has 0 saturated carbocycles. The van der Waals surface area contributed by atoms with Crippen LogP contribution in [0.3, 0.4) is 0 Å². The summed E-state index contributed by atoms with van der Waals surface area (Å²) in [6, 6.07) is 0. The summed E-state index contributed by atoms with van der Waals surface area (Å²) < 4.78 is 5.45. The molecular weight excluding hydrogens is 164 g/mol. The number of aromatic nitrogens is 1. The first kappa shape index (κ1) is 8.78. The Morgan fingerprint density at radius 2 is 2.38 bits per heavy atom. The molecule has 1 aromatic heterocycles. The van der Waals surface area contributed by atoms with Crippen molar-refractivity contribution in [1.29, 1.82) is 0 Å². The Labute approximate surface area is 78.5 Å². The van der Waals surface area contributed by atoms with E-state index in [-0.39, 0.29) is 0 Å². The van der Waals surface area contributed by atoms with E-state index in [4.69, 9.17) is 4.74 Å². The van der Waals surface area contributed by atoms with Crippen LogP contribution in [0.2, 0.25) is 0 Å². The highest BCUT2D eigenvalue weighted by atomic mass is 16.5. The lowest BCUT2D eigenvalue weighted by atomic mass is 10.1. The van der Waals surface area contributed by atoms with Gasteiger partial charge in [0.2, 0.25) is 0 Å². The van der Waals surface area contributed by atoms with Gasteiger partial charge in [-0.15, -0.1) is 0 Å². The van der Waals surface area contributed by atoms with E-state index in [1.54, 1.807) is 0 Å². The number of hydrogen-bond acceptors (Lipinski definition) is 2. The van der Waals surface area contributed by atoms with E-state index >= 15 is 0 Å².